The first-order chi connectivity index (χ1) is 10.9. The van der Waals surface area contributed by atoms with Crippen molar-refractivity contribution in [1.29, 1.82) is 0 Å². The van der Waals surface area contributed by atoms with E-state index in [1.807, 2.05) is 0 Å². The number of nitro benzene ring substituents is 1. The van der Waals surface area contributed by atoms with Crippen LogP contribution in [0.4, 0.5) is 5.69 Å². The van der Waals surface area contributed by atoms with Gasteiger partial charge in [0.2, 0.25) is 10.0 Å². The molecule has 0 radical (unpaired) electrons. The van der Waals surface area contributed by atoms with E-state index in [4.69, 9.17) is 9.47 Å². The molecule has 1 aromatic rings. The summed E-state index contributed by atoms with van der Waals surface area (Å²) in [6.45, 7) is 1.44. The second kappa shape index (κ2) is 7.71. The molecule has 0 saturated heterocycles. The molecule has 1 aromatic carbocycles. The van der Waals surface area contributed by atoms with Gasteiger partial charge in [-0.05, 0) is 37.3 Å². The SMILES string of the molecule is COc1ccc(S(=O)(=O)NCCCOCC2CC2)cc1[N+](=O)[O-]. The zero-order chi connectivity index (χ0) is 16.9. The molecular formula is C14H20N2O6S. The van der Waals surface area contributed by atoms with Gasteiger partial charge in [0, 0.05) is 25.8 Å². The van der Waals surface area contributed by atoms with Crippen molar-refractivity contribution in [3.8, 4) is 5.75 Å². The summed E-state index contributed by atoms with van der Waals surface area (Å²) in [4.78, 5) is 10.1. The van der Waals surface area contributed by atoms with Gasteiger partial charge in [0.1, 0.15) is 0 Å². The van der Waals surface area contributed by atoms with Gasteiger partial charge in [0.15, 0.2) is 5.75 Å². The van der Waals surface area contributed by atoms with Crippen LogP contribution in [0.15, 0.2) is 23.1 Å². The highest BCUT2D eigenvalue weighted by molar-refractivity contribution is 7.89. The van der Waals surface area contributed by atoms with Crippen molar-refractivity contribution in [2.24, 2.45) is 5.92 Å². The number of methoxy groups -OCH3 is 1. The maximum Gasteiger partial charge on any atom is 0.312 e. The summed E-state index contributed by atoms with van der Waals surface area (Å²) in [7, 11) is -2.51. The normalized spacial score (nSPS) is 14.7. The van der Waals surface area contributed by atoms with Gasteiger partial charge in [-0.1, -0.05) is 0 Å². The van der Waals surface area contributed by atoms with E-state index in [1.165, 1.54) is 32.1 Å². The second-order valence-electron chi connectivity index (χ2n) is 5.36. The Morgan fingerprint density at radius 2 is 2.13 bits per heavy atom. The molecule has 0 atom stereocenters. The fourth-order valence-corrected chi connectivity index (χ4v) is 3.07. The van der Waals surface area contributed by atoms with E-state index in [0.29, 0.717) is 18.9 Å². The van der Waals surface area contributed by atoms with Gasteiger partial charge in [-0.2, -0.15) is 0 Å². The lowest BCUT2D eigenvalue weighted by Crippen LogP contribution is -2.25. The number of nitro groups is 1. The second-order valence-corrected chi connectivity index (χ2v) is 7.13. The third kappa shape index (κ3) is 5.15. The molecule has 128 valence electrons. The summed E-state index contributed by atoms with van der Waals surface area (Å²) in [6, 6.07) is 3.54. The smallest absolute Gasteiger partial charge is 0.312 e. The fraction of sp³-hybridized carbons (Fsp3) is 0.571. The van der Waals surface area contributed by atoms with Gasteiger partial charge >= 0.3 is 5.69 Å². The summed E-state index contributed by atoms with van der Waals surface area (Å²) in [5.74, 6) is 0.689. The molecule has 23 heavy (non-hydrogen) atoms. The number of sulfonamides is 1. The molecule has 0 amide bonds. The van der Waals surface area contributed by atoms with Crippen LogP contribution in [-0.2, 0) is 14.8 Å². The number of hydrogen-bond donors (Lipinski definition) is 1. The molecule has 2 rings (SSSR count). The van der Waals surface area contributed by atoms with Crippen LogP contribution in [0.3, 0.4) is 0 Å². The number of hydrogen-bond acceptors (Lipinski definition) is 6. The van der Waals surface area contributed by atoms with Crippen LogP contribution in [0, 0.1) is 16.0 Å². The lowest BCUT2D eigenvalue weighted by Gasteiger charge is -2.08. The Balaban J connectivity index is 1.90. The molecule has 1 fully saturated rings. The van der Waals surface area contributed by atoms with E-state index in [-0.39, 0.29) is 22.9 Å². The van der Waals surface area contributed by atoms with Gasteiger partial charge in [0.25, 0.3) is 0 Å². The highest BCUT2D eigenvalue weighted by Gasteiger charge is 2.22. The molecule has 1 N–H and O–H groups in total. The molecule has 0 spiro atoms. The van der Waals surface area contributed by atoms with E-state index in [0.717, 1.165) is 12.7 Å². The van der Waals surface area contributed by atoms with E-state index in [1.54, 1.807) is 0 Å². The fourth-order valence-electron chi connectivity index (χ4n) is 1.98. The van der Waals surface area contributed by atoms with E-state index >= 15 is 0 Å². The zero-order valence-corrected chi connectivity index (χ0v) is 13.7. The maximum absolute atomic E-state index is 12.1. The van der Waals surface area contributed by atoms with Gasteiger partial charge < -0.3 is 9.47 Å². The Kier molecular flexibility index (Phi) is 5.91. The number of benzene rings is 1. The molecular weight excluding hydrogens is 324 g/mol. The predicted molar refractivity (Wildman–Crippen MR) is 83.0 cm³/mol. The average molecular weight is 344 g/mol. The largest absolute Gasteiger partial charge is 0.490 e. The van der Waals surface area contributed by atoms with Crippen LogP contribution in [0.5, 0.6) is 5.75 Å². The standard InChI is InChI=1S/C14H20N2O6S/c1-21-14-6-5-12(9-13(14)16(17)18)23(19,20)15-7-2-8-22-10-11-3-4-11/h5-6,9,11,15H,2-4,7-8,10H2,1H3. The van der Waals surface area contributed by atoms with Crippen molar-refractivity contribution >= 4 is 15.7 Å². The van der Waals surface area contributed by atoms with Crippen molar-refractivity contribution in [3.05, 3.63) is 28.3 Å². The Bertz CT molecular complexity index is 657. The van der Waals surface area contributed by atoms with E-state index in [9.17, 15) is 18.5 Å². The first-order valence-corrected chi connectivity index (χ1v) is 8.82. The van der Waals surface area contributed by atoms with Crippen molar-refractivity contribution in [3.63, 3.8) is 0 Å². The van der Waals surface area contributed by atoms with E-state index < -0.39 is 14.9 Å². The molecule has 9 heteroatoms. The topological polar surface area (TPSA) is 108 Å². The van der Waals surface area contributed by atoms with Crippen LogP contribution < -0.4 is 9.46 Å². The molecule has 1 aliphatic rings. The summed E-state index contributed by atoms with van der Waals surface area (Å²) in [5, 5.41) is 10.9. The van der Waals surface area contributed by atoms with Crippen LogP contribution in [0.2, 0.25) is 0 Å². The summed E-state index contributed by atoms with van der Waals surface area (Å²) >= 11 is 0. The van der Waals surface area contributed by atoms with Crippen molar-refractivity contribution < 1.29 is 22.8 Å². The number of ether oxygens (including phenoxy) is 2. The number of nitrogens with zero attached hydrogens (tertiary/aromatic N) is 1. The Morgan fingerprint density at radius 1 is 1.39 bits per heavy atom. The molecule has 0 unspecified atom stereocenters. The zero-order valence-electron chi connectivity index (χ0n) is 12.9. The minimum absolute atomic E-state index is 0.0161. The van der Waals surface area contributed by atoms with Gasteiger partial charge in [-0.15, -0.1) is 0 Å². The molecule has 8 nitrogen and oxygen atoms in total. The summed E-state index contributed by atoms with van der Waals surface area (Å²) in [6.07, 6.45) is 2.97. The average Bonchev–Trinajstić information content (AvgIpc) is 3.34. The molecule has 0 aliphatic heterocycles. The van der Waals surface area contributed by atoms with Crippen LogP contribution in [-0.4, -0.2) is 40.2 Å². The van der Waals surface area contributed by atoms with Gasteiger partial charge in [-0.3, -0.25) is 10.1 Å². The first-order valence-electron chi connectivity index (χ1n) is 7.34. The molecule has 1 aliphatic carbocycles. The lowest BCUT2D eigenvalue weighted by atomic mass is 10.3. The monoisotopic (exact) mass is 344 g/mol. The summed E-state index contributed by atoms with van der Waals surface area (Å²) in [5.41, 5.74) is -0.386. The first kappa shape index (κ1) is 17.6. The third-order valence-electron chi connectivity index (χ3n) is 3.47. The predicted octanol–water partition coefficient (Wildman–Crippen LogP) is 1.70. The Labute approximate surface area is 135 Å². The third-order valence-corrected chi connectivity index (χ3v) is 4.92. The lowest BCUT2D eigenvalue weighted by molar-refractivity contribution is -0.386. The van der Waals surface area contributed by atoms with Crippen LogP contribution in [0.1, 0.15) is 19.3 Å². The van der Waals surface area contributed by atoms with Gasteiger partial charge in [-0.25, -0.2) is 13.1 Å². The number of rotatable bonds is 10. The minimum atomic E-state index is -3.80. The summed E-state index contributed by atoms with van der Waals surface area (Å²) < 4.78 is 37.0. The quantitative estimate of drug-likeness (QED) is 0.393. The minimum Gasteiger partial charge on any atom is -0.490 e. The van der Waals surface area contributed by atoms with Crippen LogP contribution in [0.25, 0.3) is 0 Å². The van der Waals surface area contributed by atoms with Crippen LogP contribution >= 0.6 is 0 Å². The Hall–Kier alpha value is -1.71. The molecule has 0 aromatic heterocycles. The highest BCUT2D eigenvalue weighted by Crippen LogP contribution is 2.29. The molecule has 1 saturated carbocycles. The maximum atomic E-state index is 12.1. The molecule has 0 bridgehead atoms. The number of nitrogens with one attached hydrogen (secondary N) is 1. The Morgan fingerprint density at radius 3 is 2.74 bits per heavy atom. The molecule has 0 heterocycles. The van der Waals surface area contributed by atoms with Gasteiger partial charge in [0.05, 0.1) is 16.9 Å². The van der Waals surface area contributed by atoms with Crippen molar-refractivity contribution in [2.45, 2.75) is 24.2 Å². The van der Waals surface area contributed by atoms with Crippen molar-refractivity contribution in [2.75, 3.05) is 26.9 Å². The highest BCUT2D eigenvalue weighted by atomic mass is 32.2. The van der Waals surface area contributed by atoms with E-state index in [2.05, 4.69) is 4.72 Å². The van der Waals surface area contributed by atoms with Crippen molar-refractivity contribution in [1.82, 2.24) is 4.72 Å².